The fourth-order valence-corrected chi connectivity index (χ4v) is 7.30. The Kier molecular flexibility index (Phi) is 14.0. The Morgan fingerprint density at radius 2 is 1.59 bits per heavy atom. The summed E-state index contributed by atoms with van der Waals surface area (Å²) in [7, 11) is 4.24. The van der Waals surface area contributed by atoms with Crippen LogP contribution < -0.4 is 0 Å². The minimum atomic E-state index is -0.754. The summed E-state index contributed by atoms with van der Waals surface area (Å²) in [4.78, 5) is 28.8. The van der Waals surface area contributed by atoms with Crippen molar-refractivity contribution >= 4 is 11.8 Å². The first-order valence-corrected chi connectivity index (χ1v) is 16.2. The normalized spacial score (nSPS) is 43.9. The maximum absolute atomic E-state index is 13.2. The summed E-state index contributed by atoms with van der Waals surface area (Å²) in [5.41, 5.74) is 0.762. The van der Waals surface area contributed by atoms with Crippen LogP contribution in [0.5, 0.6) is 0 Å². The highest BCUT2D eigenvalue weighted by Gasteiger charge is 2.44. The second kappa shape index (κ2) is 16.0. The first-order valence-electron chi connectivity index (χ1n) is 16.2. The zero-order valence-corrected chi connectivity index (χ0v) is 28.1. The lowest BCUT2D eigenvalue weighted by Gasteiger charge is -2.48. The molecule has 0 amide bonds. The van der Waals surface area contributed by atoms with Crippen LogP contribution in [0.2, 0.25) is 0 Å². The topological polar surface area (TPSA) is 85.3 Å². The van der Waals surface area contributed by atoms with Crippen LogP contribution in [-0.4, -0.2) is 72.6 Å². The van der Waals surface area contributed by atoms with Crippen molar-refractivity contribution in [2.45, 2.75) is 138 Å². The number of hydrogen-bond donors (Lipinski definition) is 1. The van der Waals surface area contributed by atoms with Crippen LogP contribution in [0.1, 0.15) is 101 Å². The number of aliphatic hydroxyl groups is 1. The van der Waals surface area contributed by atoms with Crippen LogP contribution in [0.3, 0.4) is 0 Å². The zero-order chi connectivity index (χ0) is 31.2. The monoisotopic (exact) mass is 579 g/mol. The molecule has 2 aliphatic rings. The van der Waals surface area contributed by atoms with E-state index in [-0.39, 0.29) is 84.7 Å². The molecule has 0 saturated carbocycles. The van der Waals surface area contributed by atoms with E-state index < -0.39 is 6.10 Å². The average Bonchev–Trinajstić information content (AvgIpc) is 2.91. The molecule has 5 unspecified atom stereocenters. The molecule has 1 saturated heterocycles. The van der Waals surface area contributed by atoms with Crippen molar-refractivity contribution in [3.8, 4) is 0 Å². The first-order chi connectivity index (χ1) is 19.1. The number of hydrogen-bond acceptors (Lipinski definition) is 7. The summed E-state index contributed by atoms with van der Waals surface area (Å²) in [5.74, 6) is 0.190. The Morgan fingerprint density at radius 3 is 2.15 bits per heavy atom. The lowest BCUT2D eigenvalue weighted by molar-refractivity contribution is -0.275. The molecule has 0 radical (unpaired) electrons. The summed E-state index contributed by atoms with van der Waals surface area (Å²) < 4.78 is 19.4. The Labute approximate surface area is 250 Å². The Hall–Kier alpha value is -1.28. The lowest BCUT2D eigenvalue weighted by atomic mass is 9.78. The number of rotatable bonds is 5. The fourth-order valence-electron chi connectivity index (χ4n) is 7.30. The molecule has 0 aromatic heterocycles. The van der Waals surface area contributed by atoms with Crippen molar-refractivity contribution in [3.05, 3.63) is 11.6 Å². The molecule has 1 fully saturated rings. The molecule has 0 bridgehead atoms. The van der Waals surface area contributed by atoms with Gasteiger partial charge in [0.2, 0.25) is 0 Å². The third-order valence-corrected chi connectivity index (χ3v) is 10.4. The molecular weight excluding hydrogens is 518 g/mol. The molecule has 7 heteroatoms. The number of ketones is 1. The van der Waals surface area contributed by atoms with Crippen molar-refractivity contribution < 1.29 is 28.9 Å². The van der Waals surface area contributed by atoms with E-state index in [2.05, 4.69) is 60.5 Å². The number of Topliss-reactive ketones (excluding diaryl/α,β-unsaturated/α-hetero) is 1. The van der Waals surface area contributed by atoms with E-state index in [1.54, 1.807) is 0 Å². The number of cyclic esters (lactones) is 1. The van der Waals surface area contributed by atoms with Crippen LogP contribution in [0.25, 0.3) is 0 Å². The van der Waals surface area contributed by atoms with Gasteiger partial charge in [0, 0.05) is 36.6 Å². The Bertz CT molecular complexity index is 873. The first kappa shape index (κ1) is 35.9. The molecule has 2 heterocycles. The van der Waals surface area contributed by atoms with Gasteiger partial charge in [-0.25, -0.2) is 0 Å². The van der Waals surface area contributed by atoms with E-state index in [0.717, 1.165) is 5.57 Å². The van der Waals surface area contributed by atoms with Gasteiger partial charge >= 0.3 is 5.97 Å². The molecule has 2 rings (SSSR count). The van der Waals surface area contributed by atoms with E-state index in [1.807, 2.05) is 33.8 Å². The molecule has 238 valence electrons. The number of allylic oxidation sites excluding steroid dienone is 1. The number of carbonyl (C=O) groups is 2. The van der Waals surface area contributed by atoms with Crippen LogP contribution in [0, 0.1) is 41.4 Å². The van der Waals surface area contributed by atoms with Crippen LogP contribution >= 0.6 is 0 Å². The minimum absolute atomic E-state index is 0.00195. The summed E-state index contributed by atoms with van der Waals surface area (Å²) in [6.07, 6.45) is 2.74. The molecule has 0 spiro atoms. The van der Waals surface area contributed by atoms with Gasteiger partial charge in [0.05, 0.1) is 18.3 Å². The highest BCUT2D eigenvalue weighted by molar-refractivity contribution is 5.82. The maximum atomic E-state index is 13.2. The molecule has 13 atom stereocenters. The predicted molar refractivity (Wildman–Crippen MR) is 164 cm³/mol. The number of nitrogens with zero attached hydrogens (tertiary/aromatic N) is 1. The molecule has 0 aliphatic carbocycles. The third kappa shape index (κ3) is 9.11. The van der Waals surface area contributed by atoms with Gasteiger partial charge in [-0.15, -0.1) is 0 Å². The summed E-state index contributed by atoms with van der Waals surface area (Å²) in [6, 6.07) is 0.316. The molecule has 7 nitrogen and oxygen atoms in total. The van der Waals surface area contributed by atoms with Crippen molar-refractivity contribution in [1.29, 1.82) is 0 Å². The predicted octanol–water partition coefficient (Wildman–Crippen LogP) is 6.27. The van der Waals surface area contributed by atoms with E-state index in [0.29, 0.717) is 31.2 Å². The van der Waals surface area contributed by atoms with Crippen molar-refractivity contribution in [2.24, 2.45) is 41.4 Å². The van der Waals surface area contributed by atoms with Gasteiger partial charge in [-0.3, -0.25) is 9.59 Å². The van der Waals surface area contributed by atoms with Gasteiger partial charge in [-0.1, -0.05) is 61.5 Å². The van der Waals surface area contributed by atoms with Gasteiger partial charge in [0.15, 0.2) is 6.29 Å². The Morgan fingerprint density at radius 1 is 0.951 bits per heavy atom. The minimum Gasteiger partial charge on any atom is -0.462 e. The number of carbonyl (C=O) groups excluding carboxylic acids is 2. The summed E-state index contributed by atoms with van der Waals surface area (Å²) in [5, 5.41) is 11.1. The van der Waals surface area contributed by atoms with Gasteiger partial charge in [-0.05, 0) is 76.5 Å². The second-order valence-electron chi connectivity index (χ2n) is 13.7. The quantitative estimate of drug-likeness (QED) is 0.303. The largest absolute Gasteiger partial charge is 0.462 e. The third-order valence-electron chi connectivity index (χ3n) is 10.4. The number of ether oxygens (including phenoxy) is 3. The van der Waals surface area contributed by atoms with Crippen molar-refractivity contribution in [2.75, 3.05) is 14.1 Å². The molecule has 0 aromatic rings. The molecule has 1 N–H and O–H groups in total. The molecule has 2 aliphatic heterocycles. The van der Waals surface area contributed by atoms with Crippen LogP contribution in [-0.2, 0) is 23.8 Å². The maximum Gasteiger partial charge on any atom is 0.306 e. The molecule has 0 aromatic carbocycles. The lowest BCUT2D eigenvalue weighted by Crippen LogP contribution is -2.56. The summed E-state index contributed by atoms with van der Waals surface area (Å²) >= 11 is 0. The zero-order valence-electron chi connectivity index (χ0n) is 28.1. The van der Waals surface area contributed by atoms with E-state index >= 15 is 0 Å². The summed E-state index contributed by atoms with van der Waals surface area (Å²) in [6.45, 7) is 20.8. The Balaban J connectivity index is 2.42. The van der Waals surface area contributed by atoms with E-state index in [1.165, 1.54) is 0 Å². The van der Waals surface area contributed by atoms with Gasteiger partial charge in [0.25, 0.3) is 0 Å². The standard InChI is InChI=1S/C34H61NO6/c1-13-27-29(14-2)40-30(37)18-20(4)23(7)33(22(6)17-21(5)28(36)16-15-19(3)32(27)38)41-34-25(9)31(35(11)12)24(8)26(10)39-34/h15,20-27,29,31-34,38H,13-14,16-18H2,1-12H3/b19-15+/t20-,21-,22+,23+,24?,25?,26?,27-,29-,31?,32-,33+,34?/m1/s1. The van der Waals surface area contributed by atoms with E-state index in [9.17, 15) is 14.7 Å². The average molecular weight is 580 g/mol. The van der Waals surface area contributed by atoms with Crippen LogP contribution in [0.4, 0.5) is 0 Å². The van der Waals surface area contributed by atoms with Gasteiger partial charge < -0.3 is 24.2 Å². The fraction of sp³-hybridized carbons (Fsp3) is 0.882. The molecular formula is C34H61NO6. The highest BCUT2D eigenvalue weighted by atomic mass is 16.7. The van der Waals surface area contributed by atoms with Gasteiger partial charge in [-0.2, -0.15) is 0 Å². The van der Waals surface area contributed by atoms with E-state index in [4.69, 9.17) is 14.2 Å². The number of aliphatic hydroxyl groups excluding tert-OH is 1. The SMILES string of the molecule is CC[C@H]1[C@H](O)/C(C)=C/CC(=O)[C@H](C)C[C@H](C)[C@H](OC2OC(C)C(C)C(N(C)C)C2C)[C@@H](C)[C@H](C)CC(=O)O[C@@H]1CC. The second-order valence-corrected chi connectivity index (χ2v) is 13.7. The smallest absolute Gasteiger partial charge is 0.306 e. The van der Waals surface area contributed by atoms with Gasteiger partial charge in [0.1, 0.15) is 11.9 Å². The van der Waals surface area contributed by atoms with Crippen LogP contribution in [0.15, 0.2) is 11.6 Å². The number of esters is 1. The molecule has 41 heavy (non-hydrogen) atoms. The van der Waals surface area contributed by atoms with Crippen molar-refractivity contribution in [1.82, 2.24) is 4.90 Å². The highest BCUT2D eigenvalue weighted by Crippen LogP contribution is 2.38. The van der Waals surface area contributed by atoms with Crippen molar-refractivity contribution in [3.63, 3.8) is 0 Å².